The van der Waals surface area contributed by atoms with Crippen LogP contribution in [0.15, 0.2) is 42.7 Å². The first-order chi connectivity index (χ1) is 13.1. The van der Waals surface area contributed by atoms with Gasteiger partial charge in [-0.3, -0.25) is 14.6 Å². The largest absolute Gasteiger partial charge is 0.336 e. The molecule has 2 amide bonds. The molecule has 138 valence electrons. The van der Waals surface area contributed by atoms with E-state index in [4.69, 9.17) is 5.26 Å². The second-order valence-corrected chi connectivity index (χ2v) is 6.63. The normalized spacial score (nSPS) is 16.4. The van der Waals surface area contributed by atoms with E-state index in [2.05, 4.69) is 17.2 Å². The Morgan fingerprint density at radius 3 is 2.81 bits per heavy atom. The lowest BCUT2D eigenvalue weighted by Gasteiger charge is -2.35. The smallest absolute Gasteiger partial charge is 0.257 e. The van der Waals surface area contributed by atoms with Crippen molar-refractivity contribution >= 4 is 17.5 Å². The third kappa shape index (κ3) is 4.14. The zero-order chi connectivity index (χ0) is 19.2. The van der Waals surface area contributed by atoms with Crippen molar-refractivity contribution in [3.8, 4) is 6.07 Å². The molecule has 1 aromatic heterocycles. The first-order valence-electron chi connectivity index (χ1n) is 9.20. The number of hydrogen-bond acceptors (Lipinski definition) is 4. The molecule has 0 saturated carbocycles. The Hall–Kier alpha value is -3.20. The minimum absolute atomic E-state index is 0.0823. The molecule has 1 atom stereocenters. The van der Waals surface area contributed by atoms with Gasteiger partial charge in [-0.15, -0.1) is 0 Å². The molecule has 6 heteroatoms. The molecule has 2 heterocycles. The molecule has 0 radical (unpaired) electrons. The van der Waals surface area contributed by atoms with Crippen molar-refractivity contribution in [1.82, 2.24) is 9.88 Å². The number of aromatic nitrogens is 1. The molecule has 3 rings (SSSR count). The quantitative estimate of drug-likeness (QED) is 0.900. The van der Waals surface area contributed by atoms with Gasteiger partial charge in [0.15, 0.2) is 0 Å². The molecule has 0 spiro atoms. The molecule has 2 aromatic rings. The van der Waals surface area contributed by atoms with Crippen molar-refractivity contribution in [1.29, 1.82) is 5.26 Å². The minimum atomic E-state index is -0.398. The standard InChI is InChI=1S/C21H22N4O2/c1-2-18-8-5-6-10-25(18)21(27)17-11-16(13-23-14-17)20(26)24-19-9-4-3-7-15(19)12-22/h3-4,7,9,11,13-14,18H,2,5-6,8,10H2,1H3,(H,24,26). The van der Waals surface area contributed by atoms with Gasteiger partial charge in [-0.1, -0.05) is 19.1 Å². The van der Waals surface area contributed by atoms with E-state index in [1.807, 2.05) is 11.0 Å². The van der Waals surface area contributed by atoms with Crippen molar-refractivity contribution in [3.05, 3.63) is 59.4 Å². The molecular formula is C21H22N4O2. The predicted molar refractivity (Wildman–Crippen MR) is 102 cm³/mol. The Balaban J connectivity index is 1.79. The number of rotatable bonds is 4. The number of carbonyl (C=O) groups excluding carboxylic acids is 2. The van der Waals surface area contributed by atoms with Crippen LogP contribution in [0.3, 0.4) is 0 Å². The zero-order valence-electron chi connectivity index (χ0n) is 15.3. The van der Waals surface area contributed by atoms with Crippen LogP contribution >= 0.6 is 0 Å². The Kier molecular flexibility index (Phi) is 5.82. The van der Waals surface area contributed by atoms with Gasteiger partial charge in [-0.2, -0.15) is 5.26 Å². The Morgan fingerprint density at radius 1 is 1.26 bits per heavy atom. The molecule has 1 aliphatic heterocycles. The number of para-hydroxylation sites is 1. The van der Waals surface area contributed by atoms with E-state index in [1.165, 1.54) is 12.4 Å². The highest BCUT2D eigenvalue weighted by molar-refractivity contribution is 6.06. The monoisotopic (exact) mass is 362 g/mol. The highest BCUT2D eigenvalue weighted by Gasteiger charge is 2.26. The average molecular weight is 362 g/mol. The molecule has 0 bridgehead atoms. The summed E-state index contributed by atoms with van der Waals surface area (Å²) in [5.74, 6) is -0.480. The van der Waals surface area contributed by atoms with E-state index >= 15 is 0 Å². The van der Waals surface area contributed by atoms with Gasteiger partial charge in [-0.05, 0) is 43.9 Å². The van der Waals surface area contributed by atoms with E-state index in [0.717, 1.165) is 32.2 Å². The van der Waals surface area contributed by atoms with Gasteiger partial charge in [0.25, 0.3) is 11.8 Å². The van der Waals surface area contributed by atoms with Gasteiger partial charge >= 0.3 is 0 Å². The number of amides is 2. The lowest BCUT2D eigenvalue weighted by Crippen LogP contribution is -2.43. The Bertz CT molecular complexity index is 888. The Morgan fingerprint density at radius 2 is 2.04 bits per heavy atom. The van der Waals surface area contributed by atoms with Crippen LogP contribution in [0.5, 0.6) is 0 Å². The van der Waals surface area contributed by atoms with Crippen molar-refractivity contribution in [2.24, 2.45) is 0 Å². The first kappa shape index (κ1) is 18.6. The SMILES string of the molecule is CCC1CCCCN1C(=O)c1cncc(C(=O)Nc2ccccc2C#N)c1. The van der Waals surface area contributed by atoms with Crippen LogP contribution in [0.4, 0.5) is 5.69 Å². The Labute approximate surface area is 158 Å². The topological polar surface area (TPSA) is 86.1 Å². The van der Waals surface area contributed by atoms with Gasteiger partial charge in [0.2, 0.25) is 0 Å². The third-order valence-electron chi connectivity index (χ3n) is 4.90. The van der Waals surface area contributed by atoms with Crippen LogP contribution in [0.1, 0.15) is 58.9 Å². The highest BCUT2D eigenvalue weighted by Crippen LogP contribution is 2.22. The van der Waals surface area contributed by atoms with E-state index < -0.39 is 5.91 Å². The molecule has 1 saturated heterocycles. The van der Waals surface area contributed by atoms with E-state index in [0.29, 0.717) is 22.4 Å². The molecular weight excluding hydrogens is 340 g/mol. The number of piperidine rings is 1. The van der Waals surface area contributed by atoms with Crippen LogP contribution in [0.2, 0.25) is 0 Å². The summed E-state index contributed by atoms with van der Waals surface area (Å²) in [6.45, 7) is 2.83. The maximum Gasteiger partial charge on any atom is 0.257 e. The van der Waals surface area contributed by atoms with Crippen molar-refractivity contribution in [3.63, 3.8) is 0 Å². The molecule has 1 fully saturated rings. The fourth-order valence-corrected chi connectivity index (χ4v) is 3.42. The van der Waals surface area contributed by atoms with Gasteiger partial charge in [0.05, 0.1) is 22.4 Å². The fraction of sp³-hybridized carbons (Fsp3) is 0.333. The number of benzene rings is 1. The summed E-state index contributed by atoms with van der Waals surface area (Å²) in [5, 5.41) is 11.9. The summed E-state index contributed by atoms with van der Waals surface area (Å²) in [6.07, 6.45) is 7.01. The molecule has 1 aliphatic rings. The number of nitrogens with one attached hydrogen (secondary N) is 1. The number of carbonyl (C=O) groups is 2. The lowest BCUT2D eigenvalue weighted by molar-refractivity contribution is 0.0607. The first-order valence-corrected chi connectivity index (χ1v) is 9.20. The third-order valence-corrected chi connectivity index (χ3v) is 4.90. The number of pyridine rings is 1. The average Bonchev–Trinajstić information content (AvgIpc) is 2.73. The summed E-state index contributed by atoms with van der Waals surface area (Å²) in [5.41, 5.74) is 1.52. The fourth-order valence-electron chi connectivity index (χ4n) is 3.42. The van der Waals surface area contributed by atoms with E-state index in [1.54, 1.807) is 30.3 Å². The van der Waals surface area contributed by atoms with Gasteiger partial charge in [0.1, 0.15) is 6.07 Å². The molecule has 1 N–H and O–H groups in total. The van der Waals surface area contributed by atoms with E-state index in [9.17, 15) is 9.59 Å². The van der Waals surface area contributed by atoms with E-state index in [-0.39, 0.29) is 11.9 Å². The van der Waals surface area contributed by atoms with Crippen molar-refractivity contribution < 1.29 is 9.59 Å². The van der Waals surface area contributed by atoms with Gasteiger partial charge in [0, 0.05) is 25.0 Å². The summed E-state index contributed by atoms with van der Waals surface area (Å²) < 4.78 is 0. The zero-order valence-corrected chi connectivity index (χ0v) is 15.3. The predicted octanol–water partition coefficient (Wildman–Crippen LogP) is 3.61. The van der Waals surface area contributed by atoms with Crippen LogP contribution in [0.25, 0.3) is 0 Å². The molecule has 27 heavy (non-hydrogen) atoms. The summed E-state index contributed by atoms with van der Waals surface area (Å²) in [7, 11) is 0. The molecule has 6 nitrogen and oxygen atoms in total. The summed E-state index contributed by atoms with van der Waals surface area (Å²) >= 11 is 0. The molecule has 1 aromatic carbocycles. The molecule has 0 aliphatic carbocycles. The maximum atomic E-state index is 12.9. The van der Waals surface area contributed by atoms with Crippen molar-refractivity contribution in [2.45, 2.75) is 38.6 Å². The summed E-state index contributed by atoms with van der Waals surface area (Å²) in [4.78, 5) is 31.5. The van der Waals surface area contributed by atoms with Crippen LogP contribution in [-0.4, -0.2) is 34.3 Å². The summed E-state index contributed by atoms with van der Waals surface area (Å²) in [6, 6.07) is 10.6. The second-order valence-electron chi connectivity index (χ2n) is 6.63. The van der Waals surface area contributed by atoms with Crippen LogP contribution < -0.4 is 5.32 Å². The number of nitriles is 1. The van der Waals surface area contributed by atoms with Gasteiger partial charge < -0.3 is 10.2 Å². The number of hydrogen-bond donors (Lipinski definition) is 1. The lowest BCUT2D eigenvalue weighted by atomic mass is 9.99. The minimum Gasteiger partial charge on any atom is -0.336 e. The number of anilines is 1. The second kappa shape index (κ2) is 8.45. The van der Waals surface area contributed by atoms with Crippen LogP contribution in [0, 0.1) is 11.3 Å². The number of nitrogens with zero attached hydrogens (tertiary/aromatic N) is 3. The maximum absolute atomic E-state index is 12.9. The van der Waals surface area contributed by atoms with Gasteiger partial charge in [-0.25, -0.2) is 0 Å². The highest BCUT2D eigenvalue weighted by atomic mass is 16.2. The molecule has 1 unspecified atom stereocenters. The van der Waals surface area contributed by atoms with Crippen LogP contribution in [-0.2, 0) is 0 Å². The van der Waals surface area contributed by atoms with Crippen molar-refractivity contribution in [2.75, 3.05) is 11.9 Å². The number of likely N-dealkylation sites (tertiary alicyclic amines) is 1.